The molecular formula is C13H17N5. The molecule has 1 fully saturated rings. The highest BCUT2D eigenvalue weighted by atomic mass is 15.4. The molecule has 1 saturated carbocycles. The summed E-state index contributed by atoms with van der Waals surface area (Å²) >= 11 is 0. The minimum atomic E-state index is 0.593. The maximum absolute atomic E-state index is 4.77. The van der Waals surface area contributed by atoms with Crippen LogP contribution in [0.25, 0.3) is 11.5 Å². The molecule has 2 aromatic heterocycles. The SMILES string of the molecule is Cn1ccnc1-c1cc2n(n1)C1CCCC1CN2. The van der Waals surface area contributed by atoms with Crippen molar-refractivity contribution in [2.24, 2.45) is 13.0 Å². The first-order valence-electron chi connectivity index (χ1n) is 6.64. The fourth-order valence-corrected chi connectivity index (χ4v) is 3.31. The molecule has 94 valence electrons. The predicted molar refractivity (Wildman–Crippen MR) is 69.3 cm³/mol. The van der Waals surface area contributed by atoms with E-state index in [2.05, 4.69) is 21.0 Å². The van der Waals surface area contributed by atoms with Gasteiger partial charge in [0, 0.05) is 32.1 Å². The standard InChI is InChI=1S/C13H17N5/c1-17-6-5-14-13(17)10-7-12-15-8-9-3-2-4-11(9)18(12)16-10/h5-7,9,11,15H,2-4,8H2,1H3. The van der Waals surface area contributed by atoms with E-state index in [1.165, 1.54) is 19.3 Å². The van der Waals surface area contributed by atoms with Crippen molar-refractivity contribution in [3.63, 3.8) is 0 Å². The topological polar surface area (TPSA) is 47.7 Å². The van der Waals surface area contributed by atoms with Gasteiger partial charge in [-0.3, -0.25) is 0 Å². The number of imidazole rings is 1. The lowest BCUT2D eigenvalue weighted by Crippen LogP contribution is -2.29. The molecular weight excluding hydrogens is 226 g/mol. The highest BCUT2D eigenvalue weighted by Crippen LogP contribution is 2.41. The molecule has 0 spiro atoms. The predicted octanol–water partition coefficient (Wildman–Crippen LogP) is 2.05. The van der Waals surface area contributed by atoms with E-state index in [9.17, 15) is 0 Å². The Bertz CT molecular complexity index is 582. The van der Waals surface area contributed by atoms with Gasteiger partial charge in [-0.25, -0.2) is 9.67 Å². The third-order valence-corrected chi connectivity index (χ3v) is 4.26. The third kappa shape index (κ3) is 1.33. The maximum atomic E-state index is 4.77. The van der Waals surface area contributed by atoms with Crippen molar-refractivity contribution in [3.8, 4) is 11.5 Å². The molecule has 2 aliphatic rings. The Balaban J connectivity index is 1.79. The van der Waals surface area contributed by atoms with Crippen LogP contribution in [0.1, 0.15) is 25.3 Å². The number of aromatic nitrogens is 4. The van der Waals surface area contributed by atoms with E-state index >= 15 is 0 Å². The van der Waals surface area contributed by atoms with Crippen LogP contribution in [0.5, 0.6) is 0 Å². The summed E-state index contributed by atoms with van der Waals surface area (Å²) in [4.78, 5) is 4.37. The van der Waals surface area contributed by atoms with Gasteiger partial charge in [-0.15, -0.1) is 0 Å². The average Bonchev–Trinajstić information content (AvgIpc) is 3.04. The molecule has 0 aromatic carbocycles. The Kier molecular flexibility index (Phi) is 2.04. The summed E-state index contributed by atoms with van der Waals surface area (Å²) in [6.07, 6.45) is 7.70. The Morgan fingerprint density at radius 1 is 1.39 bits per heavy atom. The Labute approximate surface area is 106 Å². The number of hydrogen-bond acceptors (Lipinski definition) is 3. The minimum absolute atomic E-state index is 0.593. The van der Waals surface area contributed by atoms with Gasteiger partial charge >= 0.3 is 0 Å². The molecule has 2 atom stereocenters. The zero-order valence-corrected chi connectivity index (χ0v) is 10.5. The molecule has 0 radical (unpaired) electrons. The van der Waals surface area contributed by atoms with E-state index in [-0.39, 0.29) is 0 Å². The lowest BCUT2D eigenvalue weighted by Gasteiger charge is -2.28. The van der Waals surface area contributed by atoms with Crippen molar-refractivity contribution in [1.29, 1.82) is 0 Å². The lowest BCUT2D eigenvalue weighted by molar-refractivity contribution is 0.348. The molecule has 2 aromatic rings. The van der Waals surface area contributed by atoms with Gasteiger partial charge in [-0.2, -0.15) is 5.10 Å². The van der Waals surface area contributed by atoms with Gasteiger partial charge in [0.25, 0.3) is 0 Å². The van der Waals surface area contributed by atoms with Crippen molar-refractivity contribution in [1.82, 2.24) is 19.3 Å². The minimum Gasteiger partial charge on any atom is -0.370 e. The molecule has 1 aliphatic carbocycles. The van der Waals surface area contributed by atoms with Crippen LogP contribution in [-0.2, 0) is 7.05 Å². The van der Waals surface area contributed by atoms with E-state index < -0.39 is 0 Å². The van der Waals surface area contributed by atoms with Crippen LogP contribution in [0.15, 0.2) is 18.5 Å². The summed E-state index contributed by atoms with van der Waals surface area (Å²) in [5.41, 5.74) is 0.970. The van der Waals surface area contributed by atoms with Gasteiger partial charge in [-0.1, -0.05) is 6.42 Å². The van der Waals surface area contributed by atoms with Crippen LogP contribution in [-0.4, -0.2) is 25.9 Å². The molecule has 2 unspecified atom stereocenters. The second-order valence-electron chi connectivity index (χ2n) is 5.36. The monoisotopic (exact) mass is 243 g/mol. The molecule has 0 saturated heterocycles. The molecule has 0 bridgehead atoms. The number of aryl methyl sites for hydroxylation is 1. The van der Waals surface area contributed by atoms with E-state index in [1.807, 2.05) is 24.0 Å². The van der Waals surface area contributed by atoms with Crippen molar-refractivity contribution in [2.45, 2.75) is 25.3 Å². The maximum Gasteiger partial charge on any atom is 0.160 e. The molecule has 5 nitrogen and oxygen atoms in total. The van der Waals surface area contributed by atoms with Crippen molar-refractivity contribution >= 4 is 5.82 Å². The number of nitrogens with zero attached hydrogens (tertiary/aromatic N) is 4. The molecule has 3 heterocycles. The molecule has 1 aliphatic heterocycles. The van der Waals surface area contributed by atoms with Gasteiger partial charge < -0.3 is 9.88 Å². The number of nitrogens with one attached hydrogen (secondary N) is 1. The Morgan fingerprint density at radius 2 is 2.33 bits per heavy atom. The largest absolute Gasteiger partial charge is 0.370 e. The summed E-state index contributed by atoms with van der Waals surface area (Å²) in [5.74, 6) is 2.84. The molecule has 0 amide bonds. The lowest BCUT2D eigenvalue weighted by atomic mass is 10.0. The van der Waals surface area contributed by atoms with E-state index in [4.69, 9.17) is 5.10 Å². The van der Waals surface area contributed by atoms with E-state index in [1.54, 1.807) is 0 Å². The summed E-state index contributed by atoms with van der Waals surface area (Å²) in [7, 11) is 2.01. The first kappa shape index (κ1) is 10.2. The van der Waals surface area contributed by atoms with Crippen LogP contribution in [0.2, 0.25) is 0 Å². The highest BCUT2D eigenvalue weighted by Gasteiger charge is 2.34. The van der Waals surface area contributed by atoms with Gasteiger partial charge in [0.05, 0.1) is 6.04 Å². The first-order valence-corrected chi connectivity index (χ1v) is 6.64. The number of hydrogen-bond donors (Lipinski definition) is 1. The van der Waals surface area contributed by atoms with Crippen LogP contribution in [0.3, 0.4) is 0 Å². The van der Waals surface area contributed by atoms with E-state index in [0.717, 1.165) is 29.8 Å². The van der Waals surface area contributed by atoms with Crippen LogP contribution >= 0.6 is 0 Å². The molecule has 4 rings (SSSR count). The summed E-state index contributed by atoms with van der Waals surface area (Å²) < 4.78 is 4.20. The normalized spacial score (nSPS) is 25.6. The third-order valence-electron chi connectivity index (χ3n) is 4.26. The van der Waals surface area contributed by atoms with Gasteiger partial charge in [0.15, 0.2) is 5.82 Å². The smallest absolute Gasteiger partial charge is 0.160 e. The van der Waals surface area contributed by atoms with Crippen LogP contribution in [0, 0.1) is 5.92 Å². The van der Waals surface area contributed by atoms with Crippen LogP contribution < -0.4 is 5.32 Å². The van der Waals surface area contributed by atoms with Crippen LogP contribution in [0.4, 0.5) is 5.82 Å². The van der Waals surface area contributed by atoms with Gasteiger partial charge in [0.1, 0.15) is 11.5 Å². The quantitative estimate of drug-likeness (QED) is 0.834. The first-order chi connectivity index (χ1) is 8.83. The second kappa shape index (κ2) is 3.60. The van der Waals surface area contributed by atoms with Crippen molar-refractivity contribution in [3.05, 3.63) is 18.5 Å². The average molecular weight is 243 g/mol. The highest BCUT2D eigenvalue weighted by molar-refractivity contribution is 5.57. The fraction of sp³-hybridized carbons (Fsp3) is 0.538. The number of anilines is 1. The Hall–Kier alpha value is -1.78. The second-order valence-corrected chi connectivity index (χ2v) is 5.36. The van der Waals surface area contributed by atoms with Gasteiger partial charge in [-0.05, 0) is 18.8 Å². The Morgan fingerprint density at radius 3 is 3.17 bits per heavy atom. The fourth-order valence-electron chi connectivity index (χ4n) is 3.31. The molecule has 1 N–H and O–H groups in total. The summed E-state index contributed by atoms with van der Waals surface area (Å²) in [6, 6.07) is 2.71. The number of fused-ring (bicyclic) bond motifs is 3. The number of rotatable bonds is 1. The zero-order valence-electron chi connectivity index (χ0n) is 10.5. The summed E-state index contributed by atoms with van der Waals surface area (Å²) in [5, 5.41) is 8.27. The van der Waals surface area contributed by atoms with Crippen molar-refractivity contribution in [2.75, 3.05) is 11.9 Å². The van der Waals surface area contributed by atoms with E-state index in [0.29, 0.717) is 6.04 Å². The van der Waals surface area contributed by atoms with Crippen molar-refractivity contribution < 1.29 is 0 Å². The molecule has 18 heavy (non-hydrogen) atoms. The molecule has 5 heteroatoms. The van der Waals surface area contributed by atoms with Gasteiger partial charge in [0.2, 0.25) is 0 Å². The zero-order chi connectivity index (χ0) is 12.1. The summed E-state index contributed by atoms with van der Waals surface area (Å²) in [6.45, 7) is 1.09.